The monoisotopic (exact) mass is 399 g/mol. The van der Waals surface area contributed by atoms with Gasteiger partial charge >= 0.3 is 0 Å². The Kier molecular flexibility index (Phi) is 5.70. The fourth-order valence-electron chi connectivity index (χ4n) is 3.48. The molecule has 30 heavy (non-hydrogen) atoms. The molecule has 152 valence electrons. The van der Waals surface area contributed by atoms with Gasteiger partial charge in [0, 0.05) is 25.2 Å². The van der Waals surface area contributed by atoms with Crippen LogP contribution in [-0.4, -0.2) is 23.8 Å². The highest BCUT2D eigenvalue weighted by atomic mass is 16.5. The number of imidazole rings is 1. The SMILES string of the molecule is COc1ccc(CNc2ncc(-c3ccc(-c4ccccc4)cc3)n2C)c(OC)c1. The van der Waals surface area contributed by atoms with Gasteiger partial charge in [-0.2, -0.15) is 0 Å². The van der Waals surface area contributed by atoms with Crippen LogP contribution in [0.5, 0.6) is 11.5 Å². The minimum atomic E-state index is 0.602. The highest BCUT2D eigenvalue weighted by molar-refractivity contribution is 5.69. The van der Waals surface area contributed by atoms with Crippen molar-refractivity contribution in [3.05, 3.63) is 84.6 Å². The average Bonchev–Trinajstić information content (AvgIpc) is 3.18. The van der Waals surface area contributed by atoms with Gasteiger partial charge < -0.3 is 19.4 Å². The van der Waals surface area contributed by atoms with Gasteiger partial charge in [-0.25, -0.2) is 4.98 Å². The Bertz CT molecular complexity index is 1120. The van der Waals surface area contributed by atoms with Crippen LogP contribution in [0.4, 0.5) is 5.95 Å². The smallest absolute Gasteiger partial charge is 0.203 e. The van der Waals surface area contributed by atoms with Gasteiger partial charge in [-0.3, -0.25) is 0 Å². The fourth-order valence-corrected chi connectivity index (χ4v) is 3.48. The van der Waals surface area contributed by atoms with E-state index in [0.29, 0.717) is 6.54 Å². The van der Waals surface area contributed by atoms with E-state index in [1.807, 2.05) is 37.5 Å². The molecule has 0 saturated heterocycles. The van der Waals surface area contributed by atoms with Crippen molar-refractivity contribution < 1.29 is 9.47 Å². The molecular weight excluding hydrogens is 374 g/mol. The molecule has 1 heterocycles. The Balaban J connectivity index is 1.50. The minimum Gasteiger partial charge on any atom is -0.497 e. The predicted octanol–water partition coefficient (Wildman–Crippen LogP) is 5.38. The van der Waals surface area contributed by atoms with Crippen LogP contribution in [0.25, 0.3) is 22.4 Å². The van der Waals surface area contributed by atoms with E-state index in [0.717, 1.165) is 34.3 Å². The number of nitrogens with one attached hydrogen (secondary N) is 1. The molecule has 0 spiro atoms. The van der Waals surface area contributed by atoms with Crippen molar-refractivity contribution in [2.24, 2.45) is 7.05 Å². The second-order valence-corrected chi connectivity index (χ2v) is 7.00. The van der Waals surface area contributed by atoms with Crippen LogP contribution in [0, 0.1) is 0 Å². The van der Waals surface area contributed by atoms with Crippen molar-refractivity contribution in [3.8, 4) is 33.9 Å². The molecule has 5 nitrogen and oxygen atoms in total. The number of hydrogen-bond donors (Lipinski definition) is 1. The lowest BCUT2D eigenvalue weighted by molar-refractivity contribution is 0.391. The van der Waals surface area contributed by atoms with Crippen LogP contribution >= 0.6 is 0 Å². The quantitative estimate of drug-likeness (QED) is 0.453. The summed E-state index contributed by atoms with van der Waals surface area (Å²) in [5, 5.41) is 3.40. The highest BCUT2D eigenvalue weighted by Crippen LogP contribution is 2.28. The van der Waals surface area contributed by atoms with Crippen LogP contribution in [0.1, 0.15) is 5.56 Å². The lowest BCUT2D eigenvalue weighted by Gasteiger charge is -2.12. The number of benzene rings is 3. The molecule has 3 aromatic carbocycles. The fraction of sp³-hybridized carbons (Fsp3) is 0.160. The number of methoxy groups -OCH3 is 2. The molecule has 0 atom stereocenters. The van der Waals surface area contributed by atoms with Crippen LogP contribution in [0.15, 0.2) is 79.0 Å². The number of ether oxygens (including phenoxy) is 2. The third-order valence-corrected chi connectivity index (χ3v) is 5.21. The van der Waals surface area contributed by atoms with Crippen molar-refractivity contribution in [1.29, 1.82) is 0 Å². The van der Waals surface area contributed by atoms with Gasteiger partial charge in [0.2, 0.25) is 5.95 Å². The first-order chi connectivity index (χ1) is 14.7. The first kappa shape index (κ1) is 19.6. The van der Waals surface area contributed by atoms with Crippen LogP contribution < -0.4 is 14.8 Å². The summed E-state index contributed by atoms with van der Waals surface area (Å²) in [6, 6.07) is 24.8. The van der Waals surface area contributed by atoms with E-state index in [-0.39, 0.29) is 0 Å². The molecular formula is C25H25N3O2. The van der Waals surface area contributed by atoms with E-state index in [4.69, 9.17) is 9.47 Å². The Hall–Kier alpha value is -3.73. The highest BCUT2D eigenvalue weighted by Gasteiger charge is 2.11. The van der Waals surface area contributed by atoms with Crippen LogP contribution in [0.3, 0.4) is 0 Å². The standard InChI is InChI=1S/C25H25N3O2/c1-28-23(20-11-9-19(10-12-20)18-7-5-4-6-8-18)17-27-25(28)26-16-21-13-14-22(29-2)15-24(21)30-3/h4-15,17H,16H2,1-3H3,(H,26,27). The number of rotatable bonds is 7. The maximum absolute atomic E-state index is 5.48. The Morgan fingerprint density at radius 1 is 0.833 bits per heavy atom. The van der Waals surface area contributed by atoms with E-state index in [9.17, 15) is 0 Å². The first-order valence-electron chi connectivity index (χ1n) is 9.82. The molecule has 4 rings (SSSR count). The molecule has 0 unspecified atom stereocenters. The Morgan fingerprint density at radius 2 is 1.53 bits per heavy atom. The molecule has 0 fully saturated rings. The molecule has 1 aromatic heterocycles. The van der Waals surface area contributed by atoms with Gasteiger partial charge in [-0.15, -0.1) is 0 Å². The molecule has 4 aromatic rings. The summed E-state index contributed by atoms with van der Waals surface area (Å²) in [6.45, 7) is 0.602. The van der Waals surface area contributed by atoms with Crippen molar-refractivity contribution in [1.82, 2.24) is 9.55 Å². The number of aromatic nitrogens is 2. The minimum absolute atomic E-state index is 0.602. The molecule has 0 aliphatic rings. The zero-order valence-electron chi connectivity index (χ0n) is 17.4. The van der Waals surface area contributed by atoms with E-state index in [1.165, 1.54) is 11.1 Å². The maximum atomic E-state index is 5.48. The lowest BCUT2D eigenvalue weighted by atomic mass is 10.0. The summed E-state index contributed by atoms with van der Waals surface area (Å²) in [5.41, 5.74) is 5.63. The van der Waals surface area contributed by atoms with Gasteiger partial charge in [0.15, 0.2) is 0 Å². The lowest BCUT2D eigenvalue weighted by Crippen LogP contribution is -2.07. The van der Waals surface area contributed by atoms with E-state index >= 15 is 0 Å². The normalized spacial score (nSPS) is 10.6. The summed E-state index contributed by atoms with van der Waals surface area (Å²) in [6.07, 6.45) is 1.89. The second-order valence-electron chi connectivity index (χ2n) is 7.00. The third-order valence-electron chi connectivity index (χ3n) is 5.21. The topological polar surface area (TPSA) is 48.3 Å². The molecule has 0 aliphatic carbocycles. The zero-order chi connectivity index (χ0) is 20.9. The molecule has 0 bridgehead atoms. The average molecular weight is 399 g/mol. The van der Waals surface area contributed by atoms with E-state index in [2.05, 4.69) is 63.4 Å². The first-order valence-corrected chi connectivity index (χ1v) is 9.82. The van der Waals surface area contributed by atoms with Crippen molar-refractivity contribution in [2.45, 2.75) is 6.54 Å². The summed E-state index contributed by atoms with van der Waals surface area (Å²) in [7, 11) is 5.33. The Labute approximate surface area is 176 Å². The van der Waals surface area contributed by atoms with Crippen molar-refractivity contribution >= 4 is 5.95 Å². The summed E-state index contributed by atoms with van der Waals surface area (Å²) in [4.78, 5) is 4.56. The Morgan fingerprint density at radius 3 is 2.23 bits per heavy atom. The predicted molar refractivity (Wildman–Crippen MR) is 121 cm³/mol. The summed E-state index contributed by atoms with van der Waals surface area (Å²) in [5.74, 6) is 2.36. The molecule has 0 radical (unpaired) electrons. The second kappa shape index (κ2) is 8.74. The molecule has 0 amide bonds. The number of hydrogen-bond acceptors (Lipinski definition) is 4. The van der Waals surface area contributed by atoms with Gasteiger partial charge in [-0.05, 0) is 28.8 Å². The maximum Gasteiger partial charge on any atom is 0.203 e. The number of anilines is 1. The van der Waals surface area contributed by atoms with Gasteiger partial charge in [0.05, 0.1) is 26.1 Å². The van der Waals surface area contributed by atoms with Gasteiger partial charge in [0.25, 0.3) is 0 Å². The number of nitrogens with zero attached hydrogens (tertiary/aromatic N) is 2. The van der Waals surface area contributed by atoms with Gasteiger partial charge in [0.1, 0.15) is 11.5 Å². The van der Waals surface area contributed by atoms with Crippen LogP contribution in [0.2, 0.25) is 0 Å². The summed E-state index contributed by atoms with van der Waals surface area (Å²) >= 11 is 0. The van der Waals surface area contributed by atoms with Crippen molar-refractivity contribution in [3.63, 3.8) is 0 Å². The van der Waals surface area contributed by atoms with Crippen LogP contribution in [-0.2, 0) is 13.6 Å². The van der Waals surface area contributed by atoms with E-state index < -0.39 is 0 Å². The summed E-state index contributed by atoms with van der Waals surface area (Å²) < 4.78 is 12.8. The largest absolute Gasteiger partial charge is 0.497 e. The molecule has 0 saturated carbocycles. The third kappa shape index (κ3) is 4.01. The molecule has 1 N–H and O–H groups in total. The van der Waals surface area contributed by atoms with Gasteiger partial charge in [-0.1, -0.05) is 54.6 Å². The van der Waals surface area contributed by atoms with E-state index in [1.54, 1.807) is 14.2 Å². The van der Waals surface area contributed by atoms with Crippen molar-refractivity contribution in [2.75, 3.05) is 19.5 Å². The molecule has 0 aliphatic heterocycles. The zero-order valence-corrected chi connectivity index (χ0v) is 17.4. The molecule has 5 heteroatoms.